The van der Waals surface area contributed by atoms with Gasteiger partial charge in [-0.15, -0.1) is 0 Å². The van der Waals surface area contributed by atoms with E-state index in [9.17, 15) is 9.59 Å². The van der Waals surface area contributed by atoms with Gasteiger partial charge in [0, 0.05) is 5.02 Å². The number of nitrogens with one attached hydrogen (secondary N) is 2. The zero-order chi connectivity index (χ0) is 14.5. The smallest absolute Gasteiger partial charge is 0.273 e. The van der Waals surface area contributed by atoms with Crippen molar-refractivity contribution >= 4 is 23.4 Å². The SMILES string of the molecule is COc1cc(Cl)ccc1C(=O)NNC(=O)c1ccoc1. The summed E-state index contributed by atoms with van der Waals surface area (Å²) in [6.07, 6.45) is 2.63. The van der Waals surface area contributed by atoms with Gasteiger partial charge in [0.1, 0.15) is 12.0 Å². The molecule has 0 spiro atoms. The van der Waals surface area contributed by atoms with E-state index in [2.05, 4.69) is 10.9 Å². The maximum atomic E-state index is 11.9. The van der Waals surface area contributed by atoms with E-state index < -0.39 is 11.8 Å². The van der Waals surface area contributed by atoms with Gasteiger partial charge in [0.2, 0.25) is 0 Å². The molecule has 2 rings (SSSR count). The van der Waals surface area contributed by atoms with Crippen molar-refractivity contribution in [1.29, 1.82) is 0 Å². The second kappa shape index (κ2) is 6.12. The predicted octanol–water partition coefficient (Wildman–Crippen LogP) is 2.02. The average Bonchev–Trinajstić information content (AvgIpc) is 2.98. The Kier molecular flexibility index (Phi) is 4.27. The summed E-state index contributed by atoms with van der Waals surface area (Å²) in [5.74, 6) is -0.692. The van der Waals surface area contributed by atoms with Crippen LogP contribution in [-0.2, 0) is 0 Å². The first-order valence-electron chi connectivity index (χ1n) is 5.58. The van der Waals surface area contributed by atoms with Crippen LogP contribution in [0.15, 0.2) is 41.2 Å². The van der Waals surface area contributed by atoms with Gasteiger partial charge in [-0.3, -0.25) is 20.4 Å². The van der Waals surface area contributed by atoms with E-state index in [-0.39, 0.29) is 5.56 Å². The van der Waals surface area contributed by atoms with Gasteiger partial charge >= 0.3 is 0 Å². The molecule has 7 heteroatoms. The first-order chi connectivity index (χ1) is 9.61. The molecule has 0 unspecified atom stereocenters. The molecule has 20 heavy (non-hydrogen) atoms. The zero-order valence-corrected chi connectivity index (χ0v) is 11.2. The van der Waals surface area contributed by atoms with Gasteiger partial charge in [-0.05, 0) is 24.3 Å². The molecule has 6 nitrogen and oxygen atoms in total. The minimum absolute atomic E-state index is 0.254. The maximum absolute atomic E-state index is 11.9. The third-order valence-corrected chi connectivity index (χ3v) is 2.72. The van der Waals surface area contributed by atoms with E-state index in [1.807, 2.05) is 0 Å². The summed E-state index contributed by atoms with van der Waals surface area (Å²) in [7, 11) is 1.42. The number of carbonyl (C=O) groups is 2. The van der Waals surface area contributed by atoms with Gasteiger partial charge in [0.15, 0.2) is 0 Å². The van der Waals surface area contributed by atoms with Crippen LogP contribution in [0.2, 0.25) is 5.02 Å². The molecule has 0 aliphatic carbocycles. The number of ether oxygens (including phenoxy) is 1. The molecule has 104 valence electrons. The molecule has 2 aromatic rings. The topological polar surface area (TPSA) is 80.6 Å². The van der Waals surface area contributed by atoms with Crippen molar-refractivity contribution in [3.63, 3.8) is 0 Å². The number of hydrazine groups is 1. The number of amides is 2. The van der Waals surface area contributed by atoms with Crippen LogP contribution in [0, 0.1) is 0 Å². The lowest BCUT2D eigenvalue weighted by molar-refractivity contribution is 0.0844. The molecular formula is C13H11ClN2O4. The summed E-state index contributed by atoms with van der Waals surface area (Å²) in [4.78, 5) is 23.5. The molecule has 1 heterocycles. The first kappa shape index (κ1) is 14.0. The lowest BCUT2D eigenvalue weighted by atomic mass is 10.2. The fourth-order valence-electron chi connectivity index (χ4n) is 1.50. The van der Waals surface area contributed by atoms with Crippen LogP contribution in [0.1, 0.15) is 20.7 Å². The quantitative estimate of drug-likeness (QED) is 0.849. The molecule has 0 saturated heterocycles. The van der Waals surface area contributed by atoms with Crippen molar-refractivity contribution in [2.45, 2.75) is 0 Å². The van der Waals surface area contributed by atoms with Gasteiger partial charge < -0.3 is 9.15 Å². The van der Waals surface area contributed by atoms with Gasteiger partial charge in [-0.25, -0.2) is 0 Å². The van der Waals surface area contributed by atoms with Crippen molar-refractivity contribution in [2.75, 3.05) is 7.11 Å². The van der Waals surface area contributed by atoms with Crippen molar-refractivity contribution in [3.05, 3.63) is 52.9 Å². The van der Waals surface area contributed by atoms with E-state index >= 15 is 0 Å². The number of benzene rings is 1. The van der Waals surface area contributed by atoms with Crippen LogP contribution in [0.5, 0.6) is 5.75 Å². The van der Waals surface area contributed by atoms with Crippen LogP contribution >= 0.6 is 11.6 Å². The highest BCUT2D eigenvalue weighted by Crippen LogP contribution is 2.22. The summed E-state index contributed by atoms with van der Waals surface area (Å²) in [6.45, 7) is 0. The van der Waals surface area contributed by atoms with E-state index in [1.165, 1.54) is 37.8 Å². The van der Waals surface area contributed by atoms with Gasteiger partial charge in [-0.1, -0.05) is 11.6 Å². The Bertz CT molecular complexity index is 625. The molecule has 2 N–H and O–H groups in total. The molecule has 0 radical (unpaired) electrons. The van der Waals surface area contributed by atoms with Crippen LogP contribution in [0.3, 0.4) is 0 Å². The molecule has 0 atom stereocenters. The highest BCUT2D eigenvalue weighted by Gasteiger charge is 2.14. The highest BCUT2D eigenvalue weighted by molar-refractivity contribution is 6.30. The largest absolute Gasteiger partial charge is 0.496 e. The van der Waals surface area contributed by atoms with Crippen molar-refractivity contribution in [3.8, 4) is 5.75 Å². The Balaban J connectivity index is 2.04. The minimum atomic E-state index is -0.518. The lowest BCUT2D eigenvalue weighted by Crippen LogP contribution is -2.41. The molecule has 0 aliphatic rings. The molecule has 2 amide bonds. The number of furan rings is 1. The molecular weight excluding hydrogens is 284 g/mol. The van der Waals surface area contributed by atoms with Crippen molar-refractivity contribution in [2.24, 2.45) is 0 Å². The van der Waals surface area contributed by atoms with Crippen LogP contribution < -0.4 is 15.6 Å². The lowest BCUT2D eigenvalue weighted by Gasteiger charge is -2.10. The van der Waals surface area contributed by atoms with E-state index in [4.69, 9.17) is 20.8 Å². The standard InChI is InChI=1S/C13H11ClN2O4/c1-19-11-6-9(14)2-3-10(11)13(18)16-15-12(17)8-4-5-20-7-8/h2-7H,1H3,(H,15,17)(H,16,18). The summed E-state index contributed by atoms with van der Waals surface area (Å²) < 4.78 is 9.82. The van der Waals surface area contributed by atoms with E-state index in [0.29, 0.717) is 16.3 Å². The van der Waals surface area contributed by atoms with E-state index in [0.717, 1.165) is 0 Å². The number of hydrogen-bond donors (Lipinski definition) is 2. The first-order valence-corrected chi connectivity index (χ1v) is 5.96. The molecule has 0 aliphatic heterocycles. The minimum Gasteiger partial charge on any atom is -0.496 e. The number of methoxy groups -OCH3 is 1. The summed E-state index contributed by atoms with van der Waals surface area (Å²) >= 11 is 5.80. The predicted molar refractivity (Wildman–Crippen MR) is 71.6 cm³/mol. The molecule has 0 fully saturated rings. The number of halogens is 1. The van der Waals surface area contributed by atoms with Gasteiger partial charge in [-0.2, -0.15) is 0 Å². The Labute approximate surface area is 119 Å². The van der Waals surface area contributed by atoms with Crippen molar-refractivity contribution in [1.82, 2.24) is 10.9 Å². The van der Waals surface area contributed by atoms with Crippen LogP contribution in [0.25, 0.3) is 0 Å². The third-order valence-electron chi connectivity index (χ3n) is 2.48. The molecule has 0 saturated carbocycles. The summed E-state index contributed by atoms with van der Waals surface area (Å²) in [5, 5.41) is 0.445. The highest BCUT2D eigenvalue weighted by atomic mass is 35.5. The van der Waals surface area contributed by atoms with Crippen LogP contribution in [-0.4, -0.2) is 18.9 Å². The van der Waals surface area contributed by atoms with Gasteiger partial charge in [0.25, 0.3) is 11.8 Å². The summed E-state index contributed by atoms with van der Waals surface area (Å²) in [5.41, 5.74) is 5.09. The van der Waals surface area contributed by atoms with E-state index in [1.54, 1.807) is 6.07 Å². The third kappa shape index (κ3) is 3.10. The number of rotatable bonds is 3. The molecule has 1 aromatic heterocycles. The average molecular weight is 295 g/mol. The maximum Gasteiger partial charge on any atom is 0.273 e. The van der Waals surface area contributed by atoms with Crippen LogP contribution in [0.4, 0.5) is 0 Å². The second-order valence-electron chi connectivity index (χ2n) is 3.76. The fraction of sp³-hybridized carbons (Fsp3) is 0.0769. The molecule has 1 aromatic carbocycles. The zero-order valence-electron chi connectivity index (χ0n) is 10.5. The molecule has 0 bridgehead atoms. The Morgan fingerprint density at radius 3 is 2.60 bits per heavy atom. The Morgan fingerprint density at radius 1 is 1.20 bits per heavy atom. The normalized spacial score (nSPS) is 9.90. The number of hydrogen-bond acceptors (Lipinski definition) is 4. The number of carbonyl (C=O) groups excluding carboxylic acids is 2. The monoisotopic (exact) mass is 294 g/mol. The summed E-state index contributed by atoms with van der Waals surface area (Å²) in [6, 6.07) is 6.04. The van der Waals surface area contributed by atoms with Gasteiger partial charge in [0.05, 0.1) is 24.5 Å². The Hall–Kier alpha value is -2.47. The fourth-order valence-corrected chi connectivity index (χ4v) is 1.66. The van der Waals surface area contributed by atoms with Crippen molar-refractivity contribution < 1.29 is 18.7 Å². The second-order valence-corrected chi connectivity index (χ2v) is 4.20. The Morgan fingerprint density at radius 2 is 1.95 bits per heavy atom.